The lowest BCUT2D eigenvalue weighted by molar-refractivity contribution is 0.168. The summed E-state index contributed by atoms with van der Waals surface area (Å²) >= 11 is 0. The van der Waals surface area contributed by atoms with E-state index < -0.39 is 0 Å². The molecule has 1 saturated carbocycles. The molecule has 0 spiro atoms. The average molecular weight is 235 g/mol. The van der Waals surface area contributed by atoms with E-state index in [1.807, 2.05) is 17.9 Å². The van der Waals surface area contributed by atoms with Crippen LogP contribution in [0.3, 0.4) is 0 Å². The molecule has 1 aliphatic carbocycles. The maximum Gasteiger partial charge on any atom is 0.126 e. The van der Waals surface area contributed by atoms with Crippen molar-refractivity contribution in [1.29, 1.82) is 0 Å². The maximum atomic E-state index is 6.05. The van der Waals surface area contributed by atoms with Gasteiger partial charge in [-0.25, -0.2) is 4.98 Å². The first-order valence-electron chi connectivity index (χ1n) is 6.66. The highest BCUT2D eigenvalue weighted by Gasteiger charge is 2.31. The number of hydrogen-bond acceptors (Lipinski definition) is 2. The van der Waals surface area contributed by atoms with Gasteiger partial charge in [-0.3, -0.25) is 0 Å². The first-order chi connectivity index (χ1) is 7.89. The van der Waals surface area contributed by atoms with Crippen LogP contribution in [0.4, 0.5) is 5.82 Å². The fourth-order valence-corrected chi connectivity index (χ4v) is 3.01. The van der Waals surface area contributed by atoms with Crippen molar-refractivity contribution in [2.75, 3.05) is 5.73 Å². The van der Waals surface area contributed by atoms with Gasteiger partial charge in [-0.1, -0.05) is 20.8 Å². The third-order valence-corrected chi connectivity index (χ3v) is 4.35. The molecule has 2 rings (SSSR count). The summed E-state index contributed by atoms with van der Waals surface area (Å²) in [6, 6.07) is 0. The summed E-state index contributed by atoms with van der Waals surface area (Å²) in [6.07, 6.45) is 6.93. The molecule has 1 aliphatic rings. The highest BCUT2D eigenvalue weighted by atomic mass is 15.1. The first-order valence-corrected chi connectivity index (χ1v) is 6.66. The number of nitrogens with two attached hydrogens (primary N) is 1. The largest absolute Gasteiger partial charge is 0.384 e. The molecule has 0 aliphatic heterocycles. The predicted octanol–water partition coefficient (Wildman–Crippen LogP) is 3.32. The molecule has 1 fully saturated rings. The van der Waals surface area contributed by atoms with Gasteiger partial charge in [-0.15, -0.1) is 0 Å². The summed E-state index contributed by atoms with van der Waals surface area (Å²) in [5.74, 6) is 2.28. The molecular formula is C14H25N3. The SMILES string of the molecule is Cn1cnc(C2CCC(C(C)(C)C)CC2)c1N. The summed E-state index contributed by atoms with van der Waals surface area (Å²) in [5.41, 5.74) is 7.62. The molecule has 0 atom stereocenters. The van der Waals surface area contributed by atoms with Gasteiger partial charge in [0, 0.05) is 13.0 Å². The smallest absolute Gasteiger partial charge is 0.126 e. The first kappa shape index (κ1) is 12.5. The molecule has 96 valence electrons. The van der Waals surface area contributed by atoms with Gasteiger partial charge in [0.15, 0.2) is 0 Å². The van der Waals surface area contributed by atoms with Crippen LogP contribution in [0.25, 0.3) is 0 Å². The molecule has 0 aromatic carbocycles. The van der Waals surface area contributed by atoms with E-state index in [0.29, 0.717) is 11.3 Å². The Balaban J connectivity index is 2.02. The van der Waals surface area contributed by atoms with Crippen LogP contribution in [0, 0.1) is 11.3 Å². The van der Waals surface area contributed by atoms with Crippen LogP contribution in [-0.4, -0.2) is 9.55 Å². The third kappa shape index (κ3) is 2.48. The Hall–Kier alpha value is -0.990. The number of anilines is 1. The van der Waals surface area contributed by atoms with Crippen molar-refractivity contribution in [3.63, 3.8) is 0 Å². The monoisotopic (exact) mass is 235 g/mol. The van der Waals surface area contributed by atoms with Gasteiger partial charge in [0.2, 0.25) is 0 Å². The number of rotatable bonds is 1. The number of aryl methyl sites for hydroxylation is 1. The van der Waals surface area contributed by atoms with Crippen LogP contribution in [0.5, 0.6) is 0 Å². The molecule has 1 heterocycles. The zero-order chi connectivity index (χ0) is 12.6. The highest BCUT2D eigenvalue weighted by Crippen LogP contribution is 2.43. The maximum absolute atomic E-state index is 6.05. The van der Waals surface area contributed by atoms with E-state index in [0.717, 1.165) is 17.4 Å². The fourth-order valence-electron chi connectivity index (χ4n) is 3.01. The molecule has 0 unspecified atom stereocenters. The van der Waals surface area contributed by atoms with Gasteiger partial charge >= 0.3 is 0 Å². The predicted molar refractivity (Wildman–Crippen MR) is 71.8 cm³/mol. The van der Waals surface area contributed by atoms with E-state index >= 15 is 0 Å². The van der Waals surface area contributed by atoms with Crippen LogP contribution >= 0.6 is 0 Å². The van der Waals surface area contributed by atoms with Crippen molar-refractivity contribution < 1.29 is 0 Å². The Bertz CT molecular complexity index is 379. The van der Waals surface area contributed by atoms with E-state index in [4.69, 9.17) is 5.73 Å². The molecule has 0 amide bonds. The lowest BCUT2D eigenvalue weighted by atomic mass is 9.69. The zero-order valence-electron chi connectivity index (χ0n) is 11.5. The number of aromatic nitrogens is 2. The molecule has 0 saturated heterocycles. The zero-order valence-corrected chi connectivity index (χ0v) is 11.5. The highest BCUT2D eigenvalue weighted by molar-refractivity contribution is 5.38. The van der Waals surface area contributed by atoms with E-state index in [-0.39, 0.29) is 0 Å². The molecule has 0 radical (unpaired) electrons. The van der Waals surface area contributed by atoms with Crippen molar-refractivity contribution in [2.45, 2.75) is 52.4 Å². The van der Waals surface area contributed by atoms with Crippen molar-refractivity contribution in [3.05, 3.63) is 12.0 Å². The summed E-state index contributed by atoms with van der Waals surface area (Å²) < 4.78 is 1.92. The summed E-state index contributed by atoms with van der Waals surface area (Å²) in [7, 11) is 1.96. The lowest BCUT2D eigenvalue weighted by Crippen LogP contribution is -2.25. The Morgan fingerprint density at radius 1 is 1.24 bits per heavy atom. The van der Waals surface area contributed by atoms with Crippen LogP contribution in [-0.2, 0) is 7.05 Å². The van der Waals surface area contributed by atoms with Crippen molar-refractivity contribution >= 4 is 5.82 Å². The molecule has 17 heavy (non-hydrogen) atoms. The lowest BCUT2D eigenvalue weighted by Gasteiger charge is -2.36. The number of nitrogen functional groups attached to an aromatic ring is 1. The minimum absolute atomic E-state index is 0.445. The second-order valence-electron chi connectivity index (χ2n) is 6.54. The van der Waals surface area contributed by atoms with E-state index in [1.165, 1.54) is 25.7 Å². The van der Waals surface area contributed by atoms with E-state index in [2.05, 4.69) is 25.8 Å². The standard InChI is InChI=1S/C14H25N3/c1-14(2,3)11-7-5-10(6-8-11)12-13(15)17(4)9-16-12/h9-11H,5-8,15H2,1-4H3. The normalized spacial score (nSPS) is 26.1. The Kier molecular flexibility index (Phi) is 3.19. The average Bonchev–Trinajstić information content (AvgIpc) is 2.59. The second-order valence-corrected chi connectivity index (χ2v) is 6.54. The molecule has 2 N–H and O–H groups in total. The van der Waals surface area contributed by atoms with E-state index in [1.54, 1.807) is 0 Å². The minimum atomic E-state index is 0.445. The number of hydrogen-bond donors (Lipinski definition) is 1. The van der Waals surface area contributed by atoms with Crippen molar-refractivity contribution in [3.8, 4) is 0 Å². The van der Waals surface area contributed by atoms with Crippen LogP contribution in [0.15, 0.2) is 6.33 Å². The fraction of sp³-hybridized carbons (Fsp3) is 0.786. The van der Waals surface area contributed by atoms with Crippen LogP contribution in [0.1, 0.15) is 58.1 Å². The number of nitrogens with zero attached hydrogens (tertiary/aromatic N) is 2. The Labute approximate surface area is 104 Å². The van der Waals surface area contributed by atoms with Gasteiger partial charge in [0.05, 0.1) is 12.0 Å². The van der Waals surface area contributed by atoms with Crippen molar-refractivity contribution in [2.24, 2.45) is 18.4 Å². The molecule has 3 heteroatoms. The van der Waals surface area contributed by atoms with Gasteiger partial charge in [0.25, 0.3) is 0 Å². The van der Waals surface area contributed by atoms with Gasteiger partial charge in [-0.2, -0.15) is 0 Å². The molecule has 1 aromatic heterocycles. The molecule has 0 bridgehead atoms. The Morgan fingerprint density at radius 2 is 1.82 bits per heavy atom. The summed E-state index contributed by atoms with van der Waals surface area (Å²) in [5, 5.41) is 0. The van der Waals surface area contributed by atoms with Crippen LogP contribution in [0.2, 0.25) is 0 Å². The van der Waals surface area contributed by atoms with Crippen molar-refractivity contribution in [1.82, 2.24) is 9.55 Å². The molecular weight excluding hydrogens is 210 g/mol. The number of imidazole rings is 1. The van der Waals surface area contributed by atoms with E-state index in [9.17, 15) is 0 Å². The minimum Gasteiger partial charge on any atom is -0.384 e. The molecule has 1 aromatic rings. The van der Waals surface area contributed by atoms with Gasteiger partial charge in [0.1, 0.15) is 5.82 Å². The second kappa shape index (κ2) is 4.35. The quantitative estimate of drug-likeness (QED) is 0.811. The topological polar surface area (TPSA) is 43.8 Å². The third-order valence-electron chi connectivity index (χ3n) is 4.35. The van der Waals surface area contributed by atoms with Gasteiger partial charge in [-0.05, 0) is 37.0 Å². The summed E-state index contributed by atoms with van der Waals surface area (Å²) in [4.78, 5) is 4.46. The van der Waals surface area contributed by atoms with Crippen LogP contribution < -0.4 is 5.73 Å². The summed E-state index contributed by atoms with van der Waals surface area (Å²) in [6.45, 7) is 7.06. The van der Waals surface area contributed by atoms with Gasteiger partial charge < -0.3 is 10.3 Å². The molecule has 3 nitrogen and oxygen atoms in total. The Morgan fingerprint density at radius 3 is 2.24 bits per heavy atom.